The standard InChI is InChI=1S/C44H44N10O6/c1-59-43(57)51-37(29-11-5-3-6-12-29)41(55)53-21-9-15-35(53)39-47-24-32(49-39)28-19-17-27(18-20-28)31-23-46-33(25-45-31)34-26-48-40(50-34)36-16-10-22-54(36)42(56)38(52-44(58)60-2)30-13-7-4-8-14-30/h3-8,11-14,17-20,23-26,35-38H,9-10,15-16,21-22H2,1-2H3,(H,47,49)(H,48,50)(H,51,57)(H,52,58)/t35-,36-,37+,38+/m0/s1. The van der Waals surface area contributed by atoms with E-state index in [0.29, 0.717) is 59.4 Å². The Kier molecular flexibility index (Phi) is 11.6. The number of aromatic amines is 2. The van der Waals surface area contributed by atoms with Crippen LogP contribution in [0, 0.1) is 0 Å². The summed E-state index contributed by atoms with van der Waals surface area (Å²) in [7, 11) is 2.54. The number of ether oxygens (including phenoxy) is 2. The third-order valence-electron chi connectivity index (χ3n) is 11.0. The van der Waals surface area contributed by atoms with Gasteiger partial charge in [0.05, 0.1) is 68.2 Å². The van der Waals surface area contributed by atoms with Crippen LogP contribution >= 0.6 is 0 Å². The summed E-state index contributed by atoms with van der Waals surface area (Å²) in [5.41, 5.74) is 5.85. The lowest BCUT2D eigenvalue weighted by Crippen LogP contribution is -2.42. The van der Waals surface area contributed by atoms with E-state index < -0.39 is 24.3 Å². The van der Waals surface area contributed by atoms with E-state index in [-0.39, 0.29) is 23.9 Å². The van der Waals surface area contributed by atoms with E-state index in [2.05, 4.69) is 35.6 Å². The van der Waals surface area contributed by atoms with Crippen molar-refractivity contribution in [3.05, 3.63) is 132 Å². The van der Waals surface area contributed by atoms with Gasteiger partial charge in [-0.3, -0.25) is 19.6 Å². The molecule has 3 aromatic carbocycles. The molecule has 2 aliphatic rings. The number of nitrogens with one attached hydrogen (secondary N) is 4. The fraction of sp³-hybridized carbons (Fsp3) is 0.273. The highest BCUT2D eigenvalue weighted by molar-refractivity contribution is 5.88. The number of hydrogen-bond acceptors (Lipinski definition) is 10. The molecule has 0 radical (unpaired) electrons. The van der Waals surface area contributed by atoms with E-state index in [1.807, 2.05) is 60.7 Å². The first-order chi connectivity index (χ1) is 29.3. The fourth-order valence-corrected chi connectivity index (χ4v) is 7.91. The third kappa shape index (κ3) is 8.30. The van der Waals surface area contributed by atoms with Gasteiger partial charge in [-0.15, -0.1) is 0 Å². The van der Waals surface area contributed by atoms with E-state index in [1.165, 1.54) is 14.2 Å². The van der Waals surface area contributed by atoms with Crippen molar-refractivity contribution in [3.8, 4) is 33.9 Å². The summed E-state index contributed by atoms with van der Waals surface area (Å²) in [6, 6.07) is 23.7. The monoisotopic (exact) mass is 808 g/mol. The summed E-state index contributed by atoms with van der Waals surface area (Å²) in [5, 5.41) is 5.39. The number of carbonyl (C=O) groups is 4. The topological polar surface area (TPSA) is 200 Å². The number of aromatic nitrogens is 6. The Labute approximate surface area is 345 Å². The van der Waals surface area contributed by atoms with Gasteiger partial charge in [-0.1, -0.05) is 84.9 Å². The van der Waals surface area contributed by atoms with Crippen molar-refractivity contribution in [2.24, 2.45) is 0 Å². The normalized spacial score (nSPS) is 17.2. The molecule has 2 aliphatic heterocycles. The van der Waals surface area contributed by atoms with Crippen LogP contribution in [-0.4, -0.2) is 91.0 Å². The van der Waals surface area contributed by atoms with Gasteiger partial charge in [0.15, 0.2) is 0 Å². The zero-order valence-electron chi connectivity index (χ0n) is 33.1. The van der Waals surface area contributed by atoms with Crippen molar-refractivity contribution in [1.82, 2.24) is 50.3 Å². The number of alkyl carbamates (subject to hydrolysis) is 2. The molecular formula is C44H44N10O6. The van der Waals surface area contributed by atoms with Gasteiger partial charge in [0.25, 0.3) is 11.8 Å². The number of likely N-dealkylation sites (tertiary alicyclic amines) is 2. The molecule has 60 heavy (non-hydrogen) atoms. The Morgan fingerprint density at radius 2 is 1.03 bits per heavy atom. The van der Waals surface area contributed by atoms with Gasteiger partial charge < -0.3 is 39.9 Å². The van der Waals surface area contributed by atoms with Crippen molar-refractivity contribution in [1.29, 1.82) is 0 Å². The van der Waals surface area contributed by atoms with Crippen LogP contribution < -0.4 is 10.6 Å². The minimum absolute atomic E-state index is 0.229. The number of methoxy groups -OCH3 is 2. The van der Waals surface area contributed by atoms with E-state index in [9.17, 15) is 19.2 Å². The Morgan fingerprint density at radius 1 is 0.583 bits per heavy atom. The van der Waals surface area contributed by atoms with Crippen LogP contribution in [0.2, 0.25) is 0 Å². The average molecular weight is 809 g/mol. The molecule has 0 unspecified atom stereocenters. The highest BCUT2D eigenvalue weighted by atomic mass is 16.5. The van der Waals surface area contributed by atoms with Crippen LogP contribution in [-0.2, 0) is 19.1 Å². The molecule has 3 aromatic heterocycles. The van der Waals surface area contributed by atoms with E-state index >= 15 is 0 Å². The van der Waals surface area contributed by atoms with E-state index in [0.717, 1.165) is 36.1 Å². The molecule has 306 valence electrons. The van der Waals surface area contributed by atoms with Crippen molar-refractivity contribution < 1.29 is 28.7 Å². The number of nitrogens with zero attached hydrogens (tertiary/aromatic N) is 6. The van der Waals surface area contributed by atoms with Gasteiger partial charge in [-0.2, -0.15) is 0 Å². The second kappa shape index (κ2) is 17.6. The molecule has 0 spiro atoms. The minimum atomic E-state index is -0.906. The number of benzene rings is 3. The summed E-state index contributed by atoms with van der Waals surface area (Å²) in [6.45, 7) is 1.06. The molecule has 2 fully saturated rings. The molecule has 4 N–H and O–H groups in total. The lowest BCUT2D eigenvalue weighted by molar-refractivity contribution is -0.135. The first kappa shape index (κ1) is 39.5. The molecule has 8 rings (SSSR count). The van der Waals surface area contributed by atoms with Gasteiger partial charge in [-0.05, 0) is 42.4 Å². The smallest absolute Gasteiger partial charge is 0.407 e. The van der Waals surface area contributed by atoms with Gasteiger partial charge in [0.1, 0.15) is 29.4 Å². The Bertz CT molecular complexity index is 2270. The Hall–Kier alpha value is -7.36. The van der Waals surface area contributed by atoms with Gasteiger partial charge in [0, 0.05) is 18.7 Å². The maximum absolute atomic E-state index is 13.9. The lowest BCUT2D eigenvalue weighted by atomic mass is 10.1. The van der Waals surface area contributed by atoms with Gasteiger partial charge in [0.2, 0.25) is 0 Å². The molecule has 16 nitrogen and oxygen atoms in total. The van der Waals surface area contributed by atoms with Gasteiger partial charge in [-0.25, -0.2) is 19.6 Å². The summed E-state index contributed by atoms with van der Waals surface area (Å²) >= 11 is 0. The van der Waals surface area contributed by atoms with E-state index in [1.54, 1.807) is 58.9 Å². The average Bonchev–Trinajstić information content (AvgIpc) is 4.15. The predicted octanol–water partition coefficient (Wildman–Crippen LogP) is 6.45. The van der Waals surface area contributed by atoms with Gasteiger partial charge >= 0.3 is 12.2 Å². The summed E-state index contributed by atoms with van der Waals surface area (Å²) in [5.74, 6) is 0.828. The second-order valence-corrected chi connectivity index (χ2v) is 14.6. The summed E-state index contributed by atoms with van der Waals surface area (Å²) in [4.78, 5) is 81.1. The molecule has 4 atom stereocenters. The predicted molar refractivity (Wildman–Crippen MR) is 219 cm³/mol. The number of imidazole rings is 2. The van der Waals surface area contributed by atoms with Crippen LogP contribution in [0.4, 0.5) is 9.59 Å². The molecule has 6 aromatic rings. The van der Waals surface area contributed by atoms with Crippen LogP contribution in [0.15, 0.2) is 110 Å². The van der Waals surface area contributed by atoms with E-state index in [4.69, 9.17) is 14.5 Å². The molecule has 16 heteroatoms. The van der Waals surface area contributed by atoms with Crippen LogP contribution in [0.3, 0.4) is 0 Å². The molecule has 5 heterocycles. The number of H-pyrrole nitrogens is 2. The molecular weight excluding hydrogens is 765 g/mol. The molecule has 0 aliphatic carbocycles. The van der Waals surface area contributed by atoms with Crippen LogP contribution in [0.1, 0.15) is 72.6 Å². The first-order valence-electron chi connectivity index (χ1n) is 19.7. The maximum Gasteiger partial charge on any atom is 0.407 e. The number of hydrogen-bond donors (Lipinski definition) is 4. The van der Waals surface area contributed by atoms with Crippen LogP contribution in [0.25, 0.3) is 33.9 Å². The first-order valence-corrected chi connectivity index (χ1v) is 19.7. The molecule has 2 saturated heterocycles. The number of amides is 4. The fourth-order valence-electron chi connectivity index (χ4n) is 7.91. The third-order valence-corrected chi connectivity index (χ3v) is 11.0. The second-order valence-electron chi connectivity index (χ2n) is 14.6. The van der Waals surface area contributed by atoms with Crippen molar-refractivity contribution in [2.75, 3.05) is 27.3 Å². The summed E-state index contributed by atoms with van der Waals surface area (Å²) < 4.78 is 9.63. The molecule has 0 bridgehead atoms. The van der Waals surface area contributed by atoms with Crippen LogP contribution in [0.5, 0.6) is 0 Å². The SMILES string of the molecule is COC(=O)N[C@@H](C(=O)N1CCC[C@H]1c1ncc(-c2ccc(-c3cnc(-c4cnc([C@@H]5CCCN5C(=O)[C@H](NC(=O)OC)c5ccccc5)[nH]4)cn3)cc2)[nH]1)c1ccccc1. The molecule has 0 saturated carbocycles. The highest BCUT2D eigenvalue weighted by Gasteiger charge is 2.38. The lowest BCUT2D eigenvalue weighted by Gasteiger charge is -2.28. The molecule has 4 amide bonds. The highest BCUT2D eigenvalue weighted by Crippen LogP contribution is 2.36. The Morgan fingerprint density at radius 3 is 1.52 bits per heavy atom. The number of carbonyl (C=O) groups excluding carboxylic acids is 4. The number of rotatable bonds is 11. The Balaban J connectivity index is 0.928. The zero-order valence-corrected chi connectivity index (χ0v) is 33.1. The minimum Gasteiger partial charge on any atom is -0.453 e. The van der Waals surface area contributed by atoms with Crippen molar-refractivity contribution >= 4 is 24.0 Å². The quantitative estimate of drug-likeness (QED) is 0.113. The largest absolute Gasteiger partial charge is 0.453 e. The maximum atomic E-state index is 13.9. The van der Waals surface area contributed by atoms with Crippen molar-refractivity contribution in [2.45, 2.75) is 49.9 Å². The van der Waals surface area contributed by atoms with Crippen molar-refractivity contribution in [3.63, 3.8) is 0 Å². The summed E-state index contributed by atoms with van der Waals surface area (Å²) in [6.07, 6.45) is 8.51. The zero-order chi connectivity index (χ0) is 41.6.